The van der Waals surface area contributed by atoms with E-state index in [1.165, 1.54) is 0 Å². The van der Waals surface area contributed by atoms with Crippen molar-refractivity contribution in [3.8, 4) is 0 Å². The molecule has 0 saturated carbocycles. The van der Waals surface area contributed by atoms with E-state index in [2.05, 4.69) is 16.0 Å². The molecule has 0 unspecified atom stereocenters. The Bertz CT molecular complexity index is 489. The molecule has 1 aromatic carbocycles. The van der Waals surface area contributed by atoms with Gasteiger partial charge in [-0.2, -0.15) is 0 Å². The Balaban J connectivity index is 2.57. The number of benzene rings is 1. The molecule has 0 spiro atoms. The standard InChI is InChI=1S/C15H23N3O3/c1-4-14(19)18-13-9-12(6-5-11(13)2)17-15(20)10-16-7-8-21-3/h5-6,9,16H,4,7-8,10H2,1-3H3,(H,17,20)(H,18,19). The highest BCUT2D eigenvalue weighted by Crippen LogP contribution is 2.20. The molecule has 116 valence electrons. The number of anilines is 2. The van der Waals surface area contributed by atoms with Gasteiger partial charge in [0.15, 0.2) is 0 Å². The van der Waals surface area contributed by atoms with Crippen molar-refractivity contribution in [1.82, 2.24) is 5.32 Å². The zero-order valence-corrected chi connectivity index (χ0v) is 12.8. The molecule has 21 heavy (non-hydrogen) atoms. The summed E-state index contributed by atoms with van der Waals surface area (Å²) < 4.78 is 4.88. The lowest BCUT2D eigenvalue weighted by atomic mass is 10.1. The molecule has 6 nitrogen and oxygen atoms in total. The van der Waals surface area contributed by atoms with Crippen LogP contribution in [0, 0.1) is 6.92 Å². The molecule has 1 rings (SSSR count). The third-order valence-corrected chi connectivity index (χ3v) is 2.89. The van der Waals surface area contributed by atoms with E-state index in [0.717, 1.165) is 5.56 Å². The van der Waals surface area contributed by atoms with Crippen molar-refractivity contribution in [2.24, 2.45) is 0 Å². The molecule has 0 atom stereocenters. The number of rotatable bonds is 8. The molecule has 0 aliphatic carbocycles. The first-order valence-electron chi connectivity index (χ1n) is 6.96. The van der Waals surface area contributed by atoms with Gasteiger partial charge in [-0.3, -0.25) is 9.59 Å². The van der Waals surface area contributed by atoms with Crippen LogP contribution in [0.25, 0.3) is 0 Å². The van der Waals surface area contributed by atoms with Crippen LogP contribution in [-0.4, -0.2) is 38.6 Å². The Kier molecular flexibility index (Phi) is 7.42. The number of hydrogen-bond donors (Lipinski definition) is 3. The predicted molar refractivity (Wildman–Crippen MR) is 83.5 cm³/mol. The maximum absolute atomic E-state index is 11.7. The summed E-state index contributed by atoms with van der Waals surface area (Å²) in [6.07, 6.45) is 0.416. The van der Waals surface area contributed by atoms with Gasteiger partial charge in [0.25, 0.3) is 0 Å². The summed E-state index contributed by atoms with van der Waals surface area (Å²) in [6, 6.07) is 5.43. The lowest BCUT2D eigenvalue weighted by Gasteiger charge is -2.11. The topological polar surface area (TPSA) is 79.5 Å². The normalized spacial score (nSPS) is 10.2. The van der Waals surface area contributed by atoms with Crippen molar-refractivity contribution in [1.29, 1.82) is 0 Å². The van der Waals surface area contributed by atoms with E-state index in [0.29, 0.717) is 30.9 Å². The molecule has 0 bridgehead atoms. The van der Waals surface area contributed by atoms with Gasteiger partial charge >= 0.3 is 0 Å². The zero-order valence-electron chi connectivity index (χ0n) is 12.8. The monoisotopic (exact) mass is 293 g/mol. The van der Waals surface area contributed by atoms with Crippen molar-refractivity contribution in [2.75, 3.05) is 37.4 Å². The first-order chi connectivity index (χ1) is 10.1. The van der Waals surface area contributed by atoms with E-state index in [-0.39, 0.29) is 18.4 Å². The highest BCUT2D eigenvalue weighted by Gasteiger charge is 2.06. The van der Waals surface area contributed by atoms with E-state index < -0.39 is 0 Å². The fourth-order valence-electron chi connectivity index (χ4n) is 1.65. The second-order valence-electron chi connectivity index (χ2n) is 4.65. The molecular weight excluding hydrogens is 270 g/mol. The van der Waals surface area contributed by atoms with E-state index in [1.54, 1.807) is 20.1 Å². The number of carbonyl (C=O) groups excluding carboxylic acids is 2. The Morgan fingerprint density at radius 2 is 1.95 bits per heavy atom. The van der Waals surface area contributed by atoms with Crippen LogP contribution in [0.15, 0.2) is 18.2 Å². The lowest BCUT2D eigenvalue weighted by molar-refractivity contribution is -0.116. The smallest absolute Gasteiger partial charge is 0.238 e. The summed E-state index contributed by atoms with van der Waals surface area (Å²) >= 11 is 0. The molecule has 6 heteroatoms. The van der Waals surface area contributed by atoms with Crippen LogP contribution < -0.4 is 16.0 Å². The second kappa shape index (κ2) is 9.10. The Morgan fingerprint density at radius 1 is 1.19 bits per heavy atom. The van der Waals surface area contributed by atoms with Crippen molar-refractivity contribution >= 4 is 23.2 Å². The van der Waals surface area contributed by atoms with Crippen LogP contribution in [-0.2, 0) is 14.3 Å². The molecule has 0 saturated heterocycles. The summed E-state index contributed by atoms with van der Waals surface area (Å²) in [6.45, 7) is 5.10. The van der Waals surface area contributed by atoms with Gasteiger partial charge in [0.1, 0.15) is 0 Å². The predicted octanol–water partition coefficient (Wildman–Crippen LogP) is 1.52. The van der Waals surface area contributed by atoms with Crippen LogP contribution in [0.3, 0.4) is 0 Å². The Hall–Kier alpha value is -1.92. The summed E-state index contributed by atoms with van der Waals surface area (Å²) in [5, 5.41) is 8.56. The molecule has 0 fully saturated rings. The number of methoxy groups -OCH3 is 1. The van der Waals surface area contributed by atoms with Crippen LogP contribution >= 0.6 is 0 Å². The van der Waals surface area contributed by atoms with Crippen molar-refractivity contribution in [3.63, 3.8) is 0 Å². The molecule has 0 aliphatic rings. The summed E-state index contributed by atoms with van der Waals surface area (Å²) in [5.41, 5.74) is 2.32. The van der Waals surface area contributed by atoms with Crippen LogP contribution in [0.2, 0.25) is 0 Å². The van der Waals surface area contributed by atoms with E-state index in [9.17, 15) is 9.59 Å². The molecule has 2 amide bonds. The van der Waals surface area contributed by atoms with Gasteiger partial charge in [-0.05, 0) is 24.6 Å². The van der Waals surface area contributed by atoms with Gasteiger partial charge in [0.2, 0.25) is 11.8 Å². The molecule has 0 aromatic heterocycles. The van der Waals surface area contributed by atoms with Crippen LogP contribution in [0.5, 0.6) is 0 Å². The van der Waals surface area contributed by atoms with Crippen LogP contribution in [0.1, 0.15) is 18.9 Å². The SMILES string of the molecule is CCC(=O)Nc1cc(NC(=O)CNCCOC)ccc1C. The summed E-state index contributed by atoms with van der Waals surface area (Å²) in [4.78, 5) is 23.2. The van der Waals surface area contributed by atoms with E-state index >= 15 is 0 Å². The summed E-state index contributed by atoms with van der Waals surface area (Å²) in [7, 11) is 1.61. The van der Waals surface area contributed by atoms with Gasteiger partial charge in [0.05, 0.1) is 13.2 Å². The van der Waals surface area contributed by atoms with Gasteiger partial charge in [-0.15, -0.1) is 0 Å². The van der Waals surface area contributed by atoms with Gasteiger partial charge in [-0.25, -0.2) is 0 Å². The van der Waals surface area contributed by atoms with Crippen LogP contribution in [0.4, 0.5) is 11.4 Å². The van der Waals surface area contributed by atoms with Crippen molar-refractivity contribution in [3.05, 3.63) is 23.8 Å². The highest BCUT2D eigenvalue weighted by molar-refractivity contribution is 5.95. The largest absolute Gasteiger partial charge is 0.383 e. The number of carbonyl (C=O) groups is 2. The minimum Gasteiger partial charge on any atom is -0.383 e. The second-order valence-corrected chi connectivity index (χ2v) is 4.65. The molecule has 3 N–H and O–H groups in total. The maximum atomic E-state index is 11.7. The minimum absolute atomic E-state index is 0.0530. The number of nitrogens with one attached hydrogen (secondary N) is 3. The lowest BCUT2D eigenvalue weighted by Crippen LogP contribution is -2.30. The fraction of sp³-hybridized carbons (Fsp3) is 0.467. The van der Waals surface area contributed by atoms with Gasteiger partial charge < -0.3 is 20.7 Å². The third kappa shape index (κ3) is 6.37. The first kappa shape index (κ1) is 17.1. The average Bonchev–Trinajstić information content (AvgIpc) is 2.47. The average molecular weight is 293 g/mol. The molecule has 0 radical (unpaired) electrons. The highest BCUT2D eigenvalue weighted by atomic mass is 16.5. The van der Waals surface area contributed by atoms with Gasteiger partial charge in [-0.1, -0.05) is 13.0 Å². The number of hydrogen-bond acceptors (Lipinski definition) is 4. The number of amides is 2. The fourth-order valence-corrected chi connectivity index (χ4v) is 1.65. The molecule has 0 aliphatic heterocycles. The molecule has 1 aromatic rings. The summed E-state index contributed by atoms with van der Waals surface area (Å²) in [5.74, 6) is -0.189. The Morgan fingerprint density at radius 3 is 2.62 bits per heavy atom. The zero-order chi connectivity index (χ0) is 15.7. The first-order valence-corrected chi connectivity index (χ1v) is 6.96. The quantitative estimate of drug-likeness (QED) is 0.635. The van der Waals surface area contributed by atoms with Crippen molar-refractivity contribution in [2.45, 2.75) is 20.3 Å². The van der Waals surface area contributed by atoms with Crippen molar-refractivity contribution < 1.29 is 14.3 Å². The maximum Gasteiger partial charge on any atom is 0.238 e. The van der Waals surface area contributed by atoms with Gasteiger partial charge in [0, 0.05) is 31.5 Å². The third-order valence-electron chi connectivity index (χ3n) is 2.89. The van der Waals surface area contributed by atoms with E-state index in [1.807, 2.05) is 19.1 Å². The molecular formula is C15H23N3O3. The number of aryl methyl sites for hydroxylation is 1. The minimum atomic E-state index is -0.136. The number of ether oxygens (including phenoxy) is 1. The van der Waals surface area contributed by atoms with E-state index in [4.69, 9.17) is 4.74 Å². The Labute approximate surface area is 125 Å². The molecule has 0 heterocycles.